The van der Waals surface area contributed by atoms with Crippen molar-refractivity contribution in [3.63, 3.8) is 0 Å². The number of halogens is 2. The van der Waals surface area contributed by atoms with Gasteiger partial charge in [-0.05, 0) is 12.0 Å². The van der Waals surface area contributed by atoms with Gasteiger partial charge in [0.05, 0.1) is 11.5 Å². The van der Waals surface area contributed by atoms with Gasteiger partial charge in [0.2, 0.25) is 5.82 Å². The predicted octanol–water partition coefficient (Wildman–Crippen LogP) is 1.89. The van der Waals surface area contributed by atoms with Gasteiger partial charge in [0.1, 0.15) is 11.4 Å². The third-order valence-electron chi connectivity index (χ3n) is 2.56. The van der Waals surface area contributed by atoms with Gasteiger partial charge in [0, 0.05) is 19.7 Å². The van der Waals surface area contributed by atoms with E-state index < -0.39 is 33.7 Å². The van der Waals surface area contributed by atoms with Crippen molar-refractivity contribution in [3.8, 4) is 0 Å². The maximum absolute atomic E-state index is 13.7. The number of hydrogen-bond donors (Lipinski definition) is 1. The molecule has 0 aliphatic carbocycles. The fourth-order valence-corrected chi connectivity index (χ4v) is 1.59. The normalized spacial score (nSPS) is 12.0. The SMILES string of the molecule is COCC(C)CNC(=O)c1c(F)ccc([N+](=O)[O-])c1F. The largest absolute Gasteiger partial charge is 0.384 e. The van der Waals surface area contributed by atoms with Crippen molar-refractivity contribution in [2.45, 2.75) is 6.92 Å². The molecule has 0 saturated heterocycles. The van der Waals surface area contributed by atoms with Gasteiger partial charge in [0.25, 0.3) is 5.91 Å². The van der Waals surface area contributed by atoms with E-state index in [2.05, 4.69) is 5.32 Å². The summed E-state index contributed by atoms with van der Waals surface area (Å²) in [6.07, 6.45) is 0. The molecule has 0 aliphatic heterocycles. The highest BCUT2D eigenvalue weighted by molar-refractivity contribution is 5.95. The molecule has 6 nitrogen and oxygen atoms in total. The number of nitrogens with one attached hydrogen (secondary N) is 1. The zero-order valence-corrected chi connectivity index (χ0v) is 11.0. The number of benzene rings is 1. The molecule has 0 aromatic heterocycles. The predicted molar refractivity (Wildman–Crippen MR) is 66.4 cm³/mol. The molecule has 8 heteroatoms. The number of carbonyl (C=O) groups excluding carboxylic acids is 1. The number of amides is 1. The molecule has 1 amide bonds. The molecule has 0 spiro atoms. The summed E-state index contributed by atoms with van der Waals surface area (Å²) >= 11 is 0. The van der Waals surface area contributed by atoms with Gasteiger partial charge in [-0.1, -0.05) is 6.92 Å². The van der Waals surface area contributed by atoms with Crippen LogP contribution in [-0.4, -0.2) is 31.1 Å². The van der Waals surface area contributed by atoms with Crippen molar-refractivity contribution in [2.75, 3.05) is 20.3 Å². The van der Waals surface area contributed by atoms with Crippen LogP contribution >= 0.6 is 0 Å². The molecule has 20 heavy (non-hydrogen) atoms. The summed E-state index contributed by atoms with van der Waals surface area (Å²) in [6.45, 7) is 2.26. The summed E-state index contributed by atoms with van der Waals surface area (Å²) in [5.41, 5.74) is -1.90. The topological polar surface area (TPSA) is 81.5 Å². The minimum Gasteiger partial charge on any atom is -0.384 e. The molecule has 1 N–H and O–H groups in total. The number of nitro benzene ring substituents is 1. The van der Waals surface area contributed by atoms with Gasteiger partial charge in [0.15, 0.2) is 0 Å². The first-order valence-electron chi connectivity index (χ1n) is 5.78. The summed E-state index contributed by atoms with van der Waals surface area (Å²) in [6, 6.07) is 1.36. The standard InChI is InChI=1S/C12H14F2N2O4/c1-7(6-20-2)5-15-12(17)10-8(13)3-4-9(11(10)14)16(18)19/h3-4,7H,5-6H2,1-2H3,(H,15,17). The van der Waals surface area contributed by atoms with Crippen LogP contribution in [0.1, 0.15) is 17.3 Å². The minimum atomic E-state index is -1.48. The molecule has 1 aromatic rings. The lowest BCUT2D eigenvalue weighted by atomic mass is 10.1. The summed E-state index contributed by atoms with van der Waals surface area (Å²) in [7, 11) is 1.48. The maximum atomic E-state index is 13.7. The molecule has 110 valence electrons. The Labute approximate surface area is 113 Å². The first-order chi connectivity index (χ1) is 9.38. The van der Waals surface area contributed by atoms with Crippen molar-refractivity contribution < 1.29 is 23.2 Å². The second kappa shape index (κ2) is 6.90. The number of hydrogen-bond acceptors (Lipinski definition) is 4. The average Bonchev–Trinajstić information content (AvgIpc) is 2.36. The smallest absolute Gasteiger partial charge is 0.305 e. The first kappa shape index (κ1) is 16.0. The van der Waals surface area contributed by atoms with Gasteiger partial charge in [-0.2, -0.15) is 4.39 Å². The van der Waals surface area contributed by atoms with E-state index in [-0.39, 0.29) is 12.5 Å². The van der Waals surface area contributed by atoms with E-state index in [1.807, 2.05) is 0 Å². The Bertz CT molecular complexity index is 522. The van der Waals surface area contributed by atoms with Gasteiger partial charge < -0.3 is 10.1 Å². The van der Waals surface area contributed by atoms with Gasteiger partial charge in [-0.25, -0.2) is 4.39 Å². The molecule has 0 heterocycles. The molecule has 1 unspecified atom stereocenters. The highest BCUT2D eigenvalue weighted by Gasteiger charge is 2.26. The van der Waals surface area contributed by atoms with Crippen LogP contribution in [0.4, 0.5) is 14.5 Å². The molecule has 1 atom stereocenters. The molecule has 0 bridgehead atoms. The Kier molecular flexibility index (Phi) is 5.51. The molecular formula is C12H14F2N2O4. The van der Waals surface area contributed by atoms with Gasteiger partial charge >= 0.3 is 5.69 Å². The number of nitrogens with zero attached hydrogens (tertiary/aromatic N) is 1. The van der Waals surface area contributed by atoms with Crippen LogP contribution in [0.5, 0.6) is 0 Å². The van der Waals surface area contributed by atoms with E-state index in [0.717, 1.165) is 0 Å². The van der Waals surface area contributed by atoms with Crippen LogP contribution in [0.25, 0.3) is 0 Å². The lowest BCUT2D eigenvalue weighted by Gasteiger charge is -2.12. The fraction of sp³-hybridized carbons (Fsp3) is 0.417. The zero-order valence-electron chi connectivity index (χ0n) is 11.0. The zero-order chi connectivity index (χ0) is 15.3. The lowest BCUT2D eigenvalue weighted by molar-refractivity contribution is -0.387. The molecule has 0 saturated carbocycles. The minimum absolute atomic E-state index is 0.0613. The van der Waals surface area contributed by atoms with Crippen LogP contribution in [0.3, 0.4) is 0 Å². The van der Waals surface area contributed by atoms with Crippen molar-refractivity contribution in [1.82, 2.24) is 5.32 Å². The van der Waals surface area contributed by atoms with Gasteiger partial charge in [-0.3, -0.25) is 14.9 Å². The third-order valence-corrected chi connectivity index (χ3v) is 2.56. The summed E-state index contributed by atoms with van der Waals surface area (Å²) < 4.78 is 32.1. The van der Waals surface area contributed by atoms with E-state index in [1.165, 1.54) is 7.11 Å². The van der Waals surface area contributed by atoms with E-state index in [4.69, 9.17) is 4.74 Å². The van der Waals surface area contributed by atoms with E-state index >= 15 is 0 Å². The average molecular weight is 288 g/mol. The molecule has 1 rings (SSSR count). The molecule has 0 fully saturated rings. The molecule has 0 aliphatic rings. The van der Waals surface area contributed by atoms with Gasteiger partial charge in [-0.15, -0.1) is 0 Å². The quantitative estimate of drug-likeness (QED) is 0.640. The fourth-order valence-electron chi connectivity index (χ4n) is 1.59. The number of methoxy groups -OCH3 is 1. The monoisotopic (exact) mass is 288 g/mol. The van der Waals surface area contributed by atoms with Crippen LogP contribution in [0.2, 0.25) is 0 Å². The second-order valence-corrected chi connectivity index (χ2v) is 4.28. The second-order valence-electron chi connectivity index (χ2n) is 4.28. The van der Waals surface area contributed by atoms with Crippen molar-refractivity contribution in [1.29, 1.82) is 0 Å². The molecular weight excluding hydrogens is 274 g/mol. The Balaban J connectivity index is 2.92. The van der Waals surface area contributed by atoms with Crippen LogP contribution < -0.4 is 5.32 Å². The van der Waals surface area contributed by atoms with Crippen molar-refractivity contribution in [2.24, 2.45) is 5.92 Å². The van der Waals surface area contributed by atoms with E-state index in [0.29, 0.717) is 18.7 Å². The van der Waals surface area contributed by atoms with E-state index in [1.54, 1.807) is 6.92 Å². The summed E-state index contributed by atoms with van der Waals surface area (Å²) in [4.78, 5) is 21.3. The third kappa shape index (κ3) is 3.70. The van der Waals surface area contributed by atoms with Crippen LogP contribution in [-0.2, 0) is 4.74 Å². The number of carbonyl (C=O) groups is 1. The van der Waals surface area contributed by atoms with Crippen molar-refractivity contribution >= 4 is 11.6 Å². The Morgan fingerprint density at radius 1 is 1.50 bits per heavy atom. The highest BCUT2D eigenvalue weighted by atomic mass is 19.1. The first-order valence-corrected chi connectivity index (χ1v) is 5.78. The highest BCUT2D eigenvalue weighted by Crippen LogP contribution is 2.22. The number of rotatable bonds is 6. The van der Waals surface area contributed by atoms with E-state index in [9.17, 15) is 23.7 Å². The number of nitro groups is 1. The van der Waals surface area contributed by atoms with Crippen LogP contribution in [0, 0.1) is 27.7 Å². The summed E-state index contributed by atoms with van der Waals surface area (Å²) in [5.74, 6) is -3.72. The summed E-state index contributed by atoms with van der Waals surface area (Å²) in [5, 5.41) is 12.9. The number of ether oxygens (including phenoxy) is 1. The molecule has 0 radical (unpaired) electrons. The Morgan fingerprint density at radius 3 is 2.70 bits per heavy atom. The Morgan fingerprint density at radius 2 is 2.15 bits per heavy atom. The van der Waals surface area contributed by atoms with Crippen molar-refractivity contribution in [3.05, 3.63) is 39.4 Å². The Hall–Kier alpha value is -2.09. The van der Waals surface area contributed by atoms with Crippen LogP contribution in [0.15, 0.2) is 12.1 Å². The molecule has 1 aromatic carbocycles. The maximum Gasteiger partial charge on any atom is 0.305 e. The lowest BCUT2D eigenvalue weighted by Crippen LogP contribution is -2.31.